The first-order chi connectivity index (χ1) is 22.3. The fraction of sp³-hybridized carbons (Fsp3) is 0.947. The molecule has 0 rings (SSSR count). The van der Waals surface area contributed by atoms with Crippen LogP contribution >= 0.6 is 7.37 Å². The summed E-state index contributed by atoms with van der Waals surface area (Å²) in [6, 6.07) is 0. The standard InChI is InChI=1S/C38H75O7P.2Na.2H/c1-3-5-7-9-11-13-15-17-19-21-23-25-27-29-35(41)33-36(34-40)45-46(44,38(43)31-32-39)37(42)30-28-26-24-22-20-18-16-14-12-10-8-6-4-2;;;;/h36,38-40,43H,3-34H2,1-2H3;;;;/q;2*+1;2*-1. The summed E-state index contributed by atoms with van der Waals surface area (Å²) in [5.41, 5.74) is -0.668. The van der Waals surface area contributed by atoms with E-state index in [1.807, 2.05) is 0 Å². The molecule has 0 aliphatic carbocycles. The molecule has 0 aromatic carbocycles. The Balaban J connectivity index is -0.00000169. The normalized spacial score (nSPS) is 13.7. The smallest absolute Gasteiger partial charge is 1.00 e. The number of aliphatic hydroxyl groups is 3. The molecule has 0 amide bonds. The number of carbonyl (C=O) groups is 2. The summed E-state index contributed by atoms with van der Waals surface area (Å²) in [7, 11) is -4.25. The van der Waals surface area contributed by atoms with Gasteiger partial charge < -0.3 is 22.7 Å². The SMILES string of the molecule is CCCCCCCCCCCCCCCC(=O)CC(CO)OP(=O)(C(=O)CCCCCCCCCCCCCCC)C(O)CCO.[H-].[H-].[Na+].[Na+]. The first kappa shape index (κ1) is 53.8. The van der Waals surface area contributed by atoms with Crippen molar-refractivity contribution in [3.05, 3.63) is 0 Å². The van der Waals surface area contributed by atoms with Crippen LogP contribution in [0.1, 0.15) is 209 Å². The average molecular weight is 723 g/mol. The summed E-state index contributed by atoms with van der Waals surface area (Å²) in [5.74, 6) is -1.74. The zero-order valence-electron chi connectivity index (χ0n) is 34.2. The third kappa shape index (κ3) is 31.0. The number of hydrogen-bond acceptors (Lipinski definition) is 7. The molecule has 3 atom stereocenters. The van der Waals surface area contributed by atoms with E-state index in [1.165, 1.54) is 122 Å². The van der Waals surface area contributed by atoms with Crippen molar-refractivity contribution in [1.82, 2.24) is 0 Å². The average Bonchev–Trinajstić information content (AvgIpc) is 3.04. The summed E-state index contributed by atoms with van der Waals surface area (Å²) < 4.78 is 19.2. The van der Waals surface area contributed by atoms with Crippen LogP contribution in [0.3, 0.4) is 0 Å². The predicted molar refractivity (Wildman–Crippen MR) is 195 cm³/mol. The molecule has 278 valence electrons. The minimum Gasteiger partial charge on any atom is -1.00 e. The van der Waals surface area contributed by atoms with Gasteiger partial charge in [0, 0.05) is 32.3 Å². The molecule has 0 aromatic heterocycles. The van der Waals surface area contributed by atoms with Crippen molar-refractivity contribution in [1.29, 1.82) is 0 Å². The van der Waals surface area contributed by atoms with Gasteiger partial charge in [-0.25, -0.2) is 0 Å². The molecule has 0 spiro atoms. The fourth-order valence-corrected chi connectivity index (χ4v) is 8.18. The summed E-state index contributed by atoms with van der Waals surface area (Å²) in [6.07, 6.45) is 29.9. The molecule has 0 saturated carbocycles. The number of ketones is 1. The largest absolute Gasteiger partial charge is 1.00 e. The van der Waals surface area contributed by atoms with Gasteiger partial charge in [0.2, 0.25) is 5.52 Å². The van der Waals surface area contributed by atoms with Gasteiger partial charge in [-0.05, 0) is 12.8 Å². The van der Waals surface area contributed by atoms with Gasteiger partial charge in [-0.15, -0.1) is 0 Å². The second-order valence-electron chi connectivity index (χ2n) is 13.6. The first-order valence-electron chi connectivity index (χ1n) is 19.6. The van der Waals surface area contributed by atoms with E-state index in [-0.39, 0.29) is 87.0 Å². The molecule has 0 aliphatic rings. The summed E-state index contributed by atoms with van der Waals surface area (Å²) in [5, 5.41) is 29.7. The van der Waals surface area contributed by atoms with E-state index in [9.17, 15) is 29.5 Å². The van der Waals surface area contributed by atoms with Crippen LogP contribution in [-0.2, 0) is 18.7 Å². The Labute approximate surface area is 343 Å². The zero-order valence-corrected chi connectivity index (χ0v) is 37.1. The molecule has 48 heavy (non-hydrogen) atoms. The van der Waals surface area contributed by atoms with Crippen LogP contribution < -0.4 is 59.1 Å². The van der Waals surface area contributed by atoms with E-state index < -0.39 is 38.1 Å². The summed E-state index contributed by atoms with van der Waals surface area (Å²) in [4.78, 5) is 25.6. The number of aliphatic hydroxyl groups excluding tert-OH is 3. The van der Waals surface area contributed by atoms with E-state index >= 15 is 0 Å². The number of Topliss-reactive ketones (excluding diaryl/α,β-unsaturated/α-hetero) is 1. The minimum atomic E-state index is -4.25. The van der Waals surface area contributed by atoms with Crippen molar-refractivity contribution in [2.75, 3.05) is 13.2 Å². The monoisotopic (exact) mass is 723 g/mol. The molecule has 0 aliphatic heterocycles. The van der Waals surface area contributed by atoms with Crippen LogP contribution in [-0.4, -0.2) is 51.8 Å². The Morgan fingerprint density at radius 3 is 1.25 bits per heavy atom. The molecule has 0 fully saturated rings. The molecule has 3 unspecified atom stereocenters. The van der Waals surface area contributed by atoms with E-state index in [0.717, 1.165) is 38.5 Å². The maximum atomic E-state index is 13.6. The predicted octanol–water partition coefficient (Wildman–Crippen LogP) is 5.02. The second kappa shape index (κ2) is 39.6. The van der Waals surface area contributed by atoms with Crippen LogP contribution in [0.4, 0.5) is 0 Å². The second-order valence-corrected chi connectivity index (χ2v) is 16.1. The van der Waals surface area contributed by atoms with E-state index in [4.69, 9.17) is 4.52 Å². The van der Waals surface area contributed by atoms with Gasteiger partial charge in [0.05, 0.1) is 12.7 Å². The topological polar surface area (TPSA) is 121 Å². The third-order valence-corrected chi connectivity index (χ3v) is 11.7. The Bertz CT molecular complexity index is 769. The molecule has 0 saturated heterocycles. The van der Waals surface area contributed by atoms with Crippen molar-refractivity contribution >= 4 is 18.7 Å². The maximum absolute atomic E-state index is 13.6. The van der Waals surface area contributed by atoms with Gasteiger partial charge in [-0.3, -0.25) is 14.2 Å². The van der Waals surface area contributed by atoms with Gasteiger partial charge in [-0.1, -0.05) is 168 Å². The van der Waals surface area contributed by atoms with Crippen LogP contribution in [0.2, 0.25) is 0 Å². The Morgan fingerprint density at radius 2 is 0.917 bits per heavy atom. The summed E-state index contributed by atoms with van der Waals surface area (Å²) >= 11 is 0. The number of carbonyl (C=O) groups excluding carboxylic acids is 2. The van der Waals surface area contributed by atoms with Crippen LogP contribution in [0, 0.1) is 0 Å². The van der Waals surface area contributed by atoms with E-state index in [1.54, 1.807) is 0 Å². The number of hydrogen-bond donors (Lipinski definition) is 3. The molecular formula is C38H77Na2O7P. The number of rotatable bonds is 37. The van der Waals surface area contributed by atoms with Crippen molar-refractivity contribution in [2.45, 2.75) is 218 Å². The molecule has 0 radical (unpaired) electrons. The first-order valence-corrected chi connectivity index (χ1v) is 21.3. The van der Waals surface area contributed by atoms with Crippen LogP contribution in [0.15, 0.2) is 0 Å². The molecule has 0 aromatic rings. The summed E-state index contributed by atoms with van der Waals surface area (Å²) in [6.45, 7) is 3.48. The van der Waals surface area contributed by atoms with Crippen molar-refractivity contribution in [2.24, 2.45) is 0 Å². The Hall–Kier alpha value is 1.41. The molecule has 0 heterocycles. The third-order valence-electron chi connectivity index (χ3n) is 9.15. The molecular weight excluding hydrogens is 645 g/mol. The van der Waals surface area contributed by atoms with E-state index in [2.05, 4.69) is 13.8 Å². The number of unbranched alkanes of at least 4 members (excludes halogenated alkanes) is 24. The quantitative estimate of drug-likeness (QED) is 0.0468. The maximum Gasteiger partial charge on any atom is 1.00 e. The van der Waals surface area contributed by atoms with Gasteiger partial charge in [0.15, 0.2) is 0 Å². The van der Waals surface area contributed by atoms with Crippen LogP contribution in [0.25, 0.3) is 0 Å². The Kier molecular flexibility index (Phi) is 44.4. The molecule has 3 N–H and O–H groups in total. The van der Waals surface area contributed by atoms with Crippen molar-refractivity contribution in [3.63, 3.8) is 0 Å². The minimum absolute atomic E-state index is 0. The van der Waals surface area contributed by atoms with Gasteiger partial charge in [-0.2, -0.15) is 0 Å². The van der Waals surface area contributed by atoms with Gasteiger partial charge >= 0.3 is 59.1 Å². The Morgan fingerprint density at radius 1 is 0.583 bits per heavy atom. The molecule has 0 bridgehead atoms. The van der Waals surface area contributed by atoms with Crippen molar-refractivity contribution in [3.8, 4) is 0 Å². The zero-order chi connectivity index (χ0) is 34.1. The van der Waals surface area contributed by atoms with Crippen molar-refractivity contribution < 1.29 is 96.0 Å². The van der Waals surface area contributed by atoms with Gasteiger partial charge in [0.25, 0.3) is 7.37 Å². The van der Waals surface area contributed by atoms with Gasteiger partial charge in [0.1, 0.15) is 11.6 Å². The molecule has 7 nitrogen and oxygen atoms in total. The fourth-order valence-electron chi connectivity index (χ4n) is 6.08. The van der Waals surface area contributed by atoms with E-state index in [0.29, 0.717) is 12.8 Å². The molecule has 10 heteroatoms. The van der Waals surface area contributed by atoms with Crippen LogP contribution in [0.5, 0.6) is 0 Å².